The minimum Gasteiger partial charge on any atom is -0.356 e. The third kappa shape index (κ3) is 4.06. The van der Waals surface area contributed by atoms with Crippen molar-refractivity contribution in [2.24, 2.45) is 0 Å². The van der Waals surface area contributed by atoms with E-state index in [0.717, 1.165) is 15.0 Å². The number of hydrazine groups is 1. The van der Waals surface area contributed by atoms with Crippen molar-refractivity contribution in [3.63, 3.8) is 0 Å². The van der Waals surface area contributed by atoms with Crippen LogP contribution in [0.5, 0.6) is 0 Å². The second kappa shape index (κ2) is 7.37. The number of rotatable bonds is 4. The molecule has 3 N–H and O–H groups in total. The van der Waals surface area contributed by atoms with Crippen LogP contribution in [0.1, 0.15) is 16.2 Å². The first-order valence-corrected chi connectivity index (χ1v) is 8.57. The number of nitrogens with one attached hydrogen (secondary N) is 3. The third-order valence-electron chi connectivity index (χ3n) is 3.01. The Hall–Kier alpha value is -2.52. The van der Waals surface area contributed by atoms with Crippen molar-refractivity contribution in [2.75, 3.05) is 0 Å². The van der Waals surface area contributed by atoms with Crippen LogP contribution in [0.15, 0.2) is 46.6 Å². The molecule has 0 unspecified atom stereocenters. The van der Waals surface area contributed by atoms with E-state index in [1.54, 1.807) is 24.7 Å². The average Bonchev–Trinajstić information content (AvgIpc) is 3.23. The maximum absolute atomic E-state index is 11.9. The largest absolute Gasteiger partial charge is 0.356 e. The normalized spacial score (nSPS) is 10.4. The van der Waals surface area contributed by atoms with E-state index in [0.29, 0.717) is 11.4 Å². The Morgan fingerprint density at radius 2 is 2.21 bits per heavy atom. The van der Waals surface area contributed by atoms with Crippen LogP contribution in [0.4, 0.5) is 0 Å². The number of pyridine rings is 1. The van der Waals surface area contributed by atoms with Crippen LogP contribution in [0, 0.1) is 0 Å². The number of thiazole rings is 1. The van der Waals surface area contributed by atoms with E-state index in [9.17, 15) is 9.59 Å². The zero-order chi connectivity index (χ0) is 16.9. The van der Waals surface area contributed by atoms with Crippen LogP contribution < -0.4 is 10.9 Å². The van der Waals surface area contributed by atoms with E-state index in [4.69, 9.17) is 0 Å². The van der Waals surface area contributed by atoms with E-state index in [-0.39, 0.29) is 12.3 Å². The summed E-state index contributed by atoms with van der Waals surface area (Å²) in [5.41, 5.74) is 6.59. The first kappa shape index (κ1) is 16.3. The van der Waals surface area contributed by atoms with Gasteiger partial charge in [0.25, 0.3) is 5.91 Å². The molecule has 0 aliphatic heterocycles. The summed E-state index contributed by atoms with van der Waals surface area (Å²) in [5.74, 6) is -0.777. The van der Waals surface area contributed by atoms with Gasteiger partial charge in [0.05, 0.1) is 12.1 Å². The van der Waals surface area contributed by atoms with E-state index in [2.05, 4.69) is 41.7 Å². The predicted octanol–water partition coefficient (Wildman–Crippen LogP) is 2.30. The van der Waals surface area contributed by atoms with Crippen molar-refractivity contribution in [3.8, 4) is 10.6 Å². The van der Waals surface area contributed by atoms with Crippen molar-refractivity contribution in [1.29, 1.82) is 0 Å². The number of nitrogens with zero attached hydrogens (tertiary/aromatic N) is 2. The molecule has 0 bridgehead atoms. The summed E-state index contributed by atoms with van der Waals surface area (Å²) in [7, 11) is 0. The zero-order valence-electron chi connectivity index (χ0n) is 12.2. The standard InChI is InChI=1S/C15H12BrN5O2S/c16-10-4-12(18-7-10)14(23)21-20-13(22)5-11-8-24-15(19-11)9-2-1-3-17-6-9/h1-4,6-8,18H,5H2,(H,20,22)(H,21,23). The van der Waals surface area contributed by atoms with Crippen molar-refractivity contribution in [1.82, 2.24) is 25.8 Å². The molecule has 0 fully saturated rings. The molecule has 7 nitrogen and oxygen atoms in total. The lowest BCUT2D eigenvalue weighted by Crippen LogP contribution is -2.42. The number of H-pyrrole nitrogens is 1. The van der Waals surface area contributed by atoms with Crippen LogP contribution in [0.2, 0.25) is 0 Å². The smallest absolute Gasteiger partial charge is 0.286 e. The Balaban J connectivity index is 1.54. The number of halogens is 1. The van der Waals surface area contributed by atoms with Gasteiger partial charge in [-0.25, -0.2) is 4.98 Å². The lowest BCUT2D eigenvalue weighted by molar-refractivity contribution is -0.121. The summed E-state index contributed by atoms with van der Waals surface area (Å²) >= 11 is 4.68. The fourth-order valence-corrected chi connectivity index (χ4v) is 3.07. The Labute approximate surface area is 149 Å². The Bertz CT molecular complexity index is 862. The number of carbonyl (C=O) groups is 2. The highest BCUT2D eigenvalue weighted by Gasteiger charge is 2.12. The molecule has 0 aromatic carbocycles. The molecular weight excluding hydrogens is 394 g/mol. The third-order valence-corrected chi connectivity index (χ3v) is 4.41. The summed E-state index contributed by atoms with van der Waals surface area (Å²) < 4.78 is 0.754. The van der Waals surface area contributed by atoms with E-state index < -0.39 is 5.91 Å². The quantitative estimate of drug-likeness (QED) is 0.579. The van der Waals surface area contributed by atoms with Gasteiger partial charge in [0.2, 0.25) is 5.91 Å². The SMILES string of the molecule is O=C(Cc1csc(-c2cccnc2)n1)NNC(=O)c1cc(Br)c[nH]1. The fraction of sp³-hybridized carbons (Fsp3) is 0.0667. The number of amides is 2. The second-order valence-electron chi connectivity index (χ2n) is 4.80. The minimum absolute atomic E-state index is 0.0749. The first-order chi connectivity index (χ1) is 11.6. The highest BCUT2D eigenvalue weighted by atomic mass is 79.9. The van der Waals surface area contributed by atoms with Crippen molar-refractivity contribution in [3.05, 3.63) is 58.0 Å². The molecule has 0 radical (unpaired) electrons. The van der Waals surface area contributed by atoms with Crippen LogP contribution in [-0.2, 0) is 11.2 Å². The molecule has 0 aliphatic carbocycles. The molecule has 9 heteroatoms. The van der Waals surface area contributed by atoms with Crippen LogP contribution in [0.25, 0.3) is 10.6 Å². The second-order valence-corrected chi connectivity index (χ2v) is 6.57. The van der Waals surface area contributed by atoms with Crippen LogP contribution in [0.3, 0.4) is 0 Å². The van der Waals surface area contributed by atoms with Gasteiger partial charge in [-0.15, -0.1) is 11.3 Å². The zero-order valence-corrected chi connectivity index (χ0v) is 14.6. The van der Waals surface area contributed by atoms with Crippen LogP contribution >= 0.6 is 27.3 Å². The van der Waals surface area contributed by atoms with Crippen molar-refractivity contribution in [2.45, 2.75) is 6.42 Å². The van der Waals surface area contributed by atoms with E-state index in [1.165, 1.54) is 11.3 Å². The van der Waals surface area contributed by atoms with E-state index in [1.807, 2.05) is 17.5 Å². The lowest BCUT2D eigenvalue weighted by atomic mass is 10.3. The molecule has 122 valence electrons. The minimum atomic E-state index is -0.427. The maximum atomic E-state index is 11.9. The lowest BCUT2D eigenvalue weighted by Gasteiger charge is -2.05. The number of aromatic amines is 1. The Kier molecular flexibility index (Phi) is 5.02. The predicted molar refractivity (Wildman–Crippen MR) is 93.2 cm³/mol. The van der Waals surface area contributed by atoms with Gasteiger partial charge < -0.3 is 4.98 Å². The summed E-state index contributed by atoms with van der Waals surface area (Å²) in [6, 6.07) is 5.35. The maximum Gasteiger partial charge on any atom is 0.286 e. The summed E-state index contributed by atoms with van der Waals surface area (Å²) in [6.07, 6.45) is 5.12. The highest BCUT2D eigenvalue weighted by molar-refractivity contribution is 9.10. The number of carbonyl (C=O) groups excluding carboxylic acids is 2. The van der Waals surface area contributed by atoms with Crippen molar-refractivity contribution >= 4 is 39.1 Å². The molecule has 0 saturated carbocycles. The topological polar surface area (TPSA) is 99.8 Å². The number of aromatic nitrogens is 3. The molecule has 0 saturated heterocycles. The number of hydrogen-bond donors (Lipinski definition) is 3. The van der Waals surface area contributed by atoms with Gasteiger partial charge in [-0.1, -0.05) is 0 Å². The molecule has 3 aromatic heterocycles. The van der Waals surface area contributed by atoms with Gasteiger partial charge >= 0.3 is 0 Å². The molecule has 0 atom stereocenters. The molecule has 3 aromatic rings. The van der Waals surface area contributed by atoms with Gasteiger partial charge in [0.15, 0.2) is 0 Å². The van der Waals surface area contributed by atoms with Gasteiger partial charge in [-0.3, -0.25) is 25.4 Å². The molecule has 0 spiro atoms. The monoisotopic (exact) mass is 405 g/mol. The van der Waals surface area contributed by atoms with Gasteiger partial charge in [0, 0.05) is 34.0 Å². The molecule has 3 rings (SSSR count). The van der Waals surface area contributed by atoms with Gasteiger partial charge in [0.1, 0.15) is 10.7 Å². The molecular formula is C15H12BrN5O2S. The Morgan fingerprint density at radius 3 is 2.92 bits per heavy atom. The average molecular weight is 406 g/mol. The van der Waals surface area contributed by atoms with Crippen molar-refractivity contribution < 1.29 is 9.59 Å². The van der Waals surface area contributed by atoms with Gasteiger partial charge in [-0.2, -0.15) is 0 Å². The highest BCUT2D eigenvalue weighted by Crippen LogP contribution is 2.22. The summed E-state index contributed by atoms with van der Waals surface area (Å²) in [5, 5.41) is 2.61. The summed E-state index contributed by atoms with van der Waals surface area (Å²) in [4.78, 5) is 34.9. The molecule has 0 aliphatic rings. The van der Waals surface area contributed by atoms with E-state index >= 15 is 0 Å². The summed E-state index contributed by atoms with van der Waals surface area (Å²) in [6.45, 7) is 0. The fourth-order valence-electron chi connectivity index (χ4n) is 1.91. The molecule has 3 heterocycles. The van der Waals surface area contributed by atoms with Gasteiger partial charge in [-0.05, 0) is 34.1 Å². The van der Waals surface area contributed by atoms with Crippen LogP contribution in [-0.4, -0.2) is 26.8 Å². The number of hydrogen-bond acceptors (Lipinski definition) is 5. The molecule has 2 amide bonds. The first-order valence-electron chi connectivity index (χ1n) is 6.90. The molecule has 24 heavy (non-hydrogen) atoms. The Morgan fingerprint density at radius 1 is 1.33 bits per heavy atom.